The molecule has 22 heavy (non-hydrogen) atoms. The van der Waals surface area contributed by atoms with E-state index in [1.807, 2.05) is 0 Å². The van der Waals surface area contributed by atoms with E-state index in [-0.39, 0.29) is 0 Å². The smallest absolute Gasteiger partial charge is 0.0775 e. The number of fused-ring (bicyclic) bond motifs is 2. The van der Waals surface area contributed by atoms with Crippen molar-refractivity contribution < 1.29 is 5.21 Å². The molecule has 0 amide bonds. The van der Waals surface area contributed by atoms with Gasteiger partial charge in [0.15, 0.2) is 0 Å². The summed E-state index contributed by atoms with van der Waals surface area (Å²) in [6.45, 7) is 5.47. The molecular formula is C18H25N3O. The van der Waals surface area contributed by atoms with Crippen LogP contribution in [0.15, 0.2) is 35.5 Å². The van der Waals surface area contributed by atoms with Crippen LogP contribution in [0.3, 0.4) is 0 Å². The number of hydrogen-bond acceptors (Lipinski definition) is 4. The van der Waals surface area contributed by atoms with Crippen LogP contribution in [0.5, 0.6) is 0 Å². The average molecular weight is 299 g/mol. The Hall–Kier alpha value is -1.39. The molecule has 1 saturated heterocycles. The molecule has 1 aromatic rings. The van der Waals surface area contributed by atoms with Gasteiger partial charge in [-0.15, -0.1) is 0 Å². The van der Waals surface area contributed by atoms with Gasteiger partial charge >= 0.3 is 0 Å². The molecule has 3 atom stereocenters. The van der Waals surface area contributed by atoms with Crippen LogP contribution < -0.4 is 0 Å². The third-order valence-corrected chi connectivity index (χ3v) is 5.81. The summed E-state index contributed by atoms with van der Waals surface area (Å²) in [4.78, 5) is 5.11. The van der Waals surface area contributed by atoms with Crippen molar-refractivity contribution in [3.63, 3.8) is 0 Å². The molecule has 2 bridgehead atoms. The van der Waals surface area contributed by atoms with Gasteiger partial charge in [-0.3, -0.25) is 9.80 Å². The fraction of sp³-hybridized carbons (Fsp3) is 0.611. The highest BCUT2D eigenvalue weighted by atomic mass is 16.4. The van der Waals surface area contributed by atoms with Crippen LogP contribution in [0.4, 0.5) is 0 Å². The fourth-order valence-electron chi connectivity index (χ4n) is 4.72. The molecule has 1 heterocycles. The Balaban J connectivity index is 1.36. The van der Waals surface area contributed by atoms with Crippen molar-refractivity contribution in [2.45, 2.75) is 31.8 Å². The number of rotatable bonds is 3. The predicted molar refractivity (Wildman–Crippen MR) is 87.1 cm³/mol. The van der Waals surface area contributed by atoms with E-state index in [9.17, 15) is 5.21 Å². The lowest BCUT2D eigenvalue weighted by Crippen LogP contribution is -2.54. The maximum atomic E-state index is 9.39. The summed E-state index contributed by atoms with van der Waals surface area (Å²) in [6, 6.07) is 11.1. The second-order valence-electron chi connectivity index (χ2n) is 7.04. The number of hydrogen-bond donors (Lipinski definition) is 1. The van der Waals surface area contributed by atoms with Crippen LogP contribution in [-0.4, -0.2) is 52.9 Å². The maximum Gasteiger partial charge on any atom is 0.0775 e. The minimum atomic E-state index is 0.419. The Bertz CT molecular complexity index is 537. The van der Waals surface area contributed by atoms with Crippen LogP contribution in [0.25, 0.3) is 0 Å². The highest BCUT2D eigenvalue weighted by molar-refractivity contribution is 5.94. The molecule has 1 N–H and O–H groups in total. The van der Waals surface area contributed by atoms with Gasteiger partial charge in [-0.2, -0.15) is 0 Å². The molecule has 0 radical (unpaired) electrons. The molecular weight excluding hydrogens is 274 g/mol. The molecule has 0 spiro atoms. The van der Waals surface area contributed by atoms with E-state index < -0.39 is 0 Å². The Kier molecular flexibility index (Phi) is 3.89. The third-order valence-electron chi connectivity index (χ3n) is 5.81. The van der Waals surface area contributed by atoms with Crippen LogP contribution >= 0.6 is 0 Å². The third kappa shape index (κ3) is 2.55. The molecule has 1 aromatic carbocycles. The van der Waals surface area contributed by atoms with Crippen molar-refractivity contribution in [2.24, 2.45) is 17.0 Å². The summed E-state index contributed by atoms with van der Waals surface area (Å²) in [6.07, 6.45) is 3.79. The monoisotopic (exact) mass is 299 g/mol. The van der Waals surface area contributed by atoms with E-state index in [0.717, 1.165) is 44.4 Å². The largest absolute Gasteiger partial charge is 0.411 e. The van der Waals surface area contributed by atoms with Crippen LogP contribution in [0, 0.1) is 11.8 Å². The molecule has 1 aliphatic heterocycles. The van der Waals surface area contributed by atoms with Crippen molar-refractivity contribution in [1.82, 2.24) is 9.80 Å². The number of benzene rings is 1. The summed E-state index contributed by atoms with van der Waals surface area (Å²) in [5.41, 5.74) is 2.47. The van der Waals surface area contributed by atoms with E-state index >= 15 is 0 Å². The van der Waals surface area contributed by atoms with E-state index in [2.05, 4.69) is 45.3 Å². The molecule has 3 aliphatic rings. The Labute approximate surface area is 132 Å². The van der Waals surface area contributed by atoms with Crippen LogP contribution in [0.1, 0.15) is 24.8 Å². The van der Waals surface area contributed by atoms with Gasteiger partial charge in [0.05, 0.1) is 11.8 Å². The molecule has 2 saturated carbocycles. The van der Waals surface area contributed by atoms with Crippen LogP contribution in [0.2, 0.25) is 0 Å². The van der Waals surface area contributed by atoms with Gasteiger partial charge in [-0.25, -0.2) is 0 Å². The Morgan fingerprint density at radius 1 is 1.05 bits per heavy atom. The summed E-state index contributed by atoms with van der Waals surface area (Å²) >= 11 is 0. The van der Waals surface area contributed by atoms with Gasteiger partial charge in [-0.05, 0) is 30.7 Å². The normalized spacial score (nSPS) is 34.5. The first kappa shape index (κ1) is 14.2. The lowest BCUT2D eigenvalue weighted by Gasteiger charge is -2.41. The van der Waals surface area contributed by atoms with Crippen molar-refractivity contribution in [3.05, 3.63) is 35.9 Å². The summed E-state index contributed by atoms with van der Waals surface area (Å²) < 4.78 is 0. The lowest BCUT2D eigenvalue weighted by atomic mass is 9.91. The summed E-state index contributed by atoms with van der Waals surface area (Å²) in [7, 11) is 0. The minimum Gasteiger partial charge on any atom is -0.411 e. The Morgan fingerprint density at radius 2 is 1.82 bits per heavy atom. The standard InChI is InChI=1S/C18H25N3O/c22-19-17-15-6-7-16(12-15)18(17)21-10-8-20(9-11-21)13-14-4-2-1-3-5-14/h1-5,15-16,18,22H,6-13H2/b19-17+/t15-,16-,18-/m0/s1. The van der Waals surface area contributed by atoms with Crippen LogP contribution in [-0.2, 0) is 6.54 Å². The van der Waals surface area contributed by atoms with E-state index in [4.69, 9.17) is 0 Å². The quantitative estimate of drug-likeness (QED) is 0.688. The SMILES string of the molecule is O/N=C1\[C@H]2CC[C@@H](C2)[C@@H]1N1CCN(Cc2ccccc2)CC1. The first-order valence-corrected chi connectivity index (χ1v) is 8.57. The zero-order valence-electron chi connectivity index (χ0n) is 13.1. The molecule has 4 nitrogen and oxygen atoms in total. The predicted octanol–water partition coefficient (Wildman–Crippen LogP) is 2.43. The maximum absolute atomic E-state index is 9.39. The summed E-state index contributed by atoms with van der Waals surface area (Å²) in [5, 5.41) is 13.1. The van der Waals surface area contributed by atoms with Gasteiger partial charge in [0.25, 0.3) is 0 Å². The Morgan fingerprint density at radius 3 is 2.55 bits per heavy atom. The number of piperazine rings is 1. The second-order valence-corrected chi connectivity index (χ2v) is 7.04. The van der Waals surface area contributed by atoms with Gasteiger partial charge < -0.3 is 5.21 Å². The zero-order chi connectivity index (χ0) is 14.9. The van der Waals surface area contributed by atoms with Gasteiger partial charge in [-0.1, -0.05) is 35.5 Å². The van der Waals surface area contributed by atoms with Gasteiger partial charge in [0, 0.05) is 38.6 Å². The molecule has 4 heteroatoms. The molecule has 0 unspecified atom stereocenters. The first-order chi connectivity index (χ1) is 10.8. The van der Waals surface area contributed by atoms with Gasteiger partial charge in [0.2, 0.25) is 0 Å². The first-order valence-electron chi connectivity index (χ1n) is 8.57. The highest BCUT2D eigenvalue weighted by Crippen LogP contribution is 2.45. The zero-order valence-corrected chi connectivity index (χ0v) is 13.1. The molecule has 0 aromatic heterocycles. The number of oxime groups is 1. The topological polar surface area (TPSA) is 39.1 Å². The molecule has 2 aliphatic carbocycles. The molecule has 3 fully saturated rings. The molecule has 4 rings (SSSR count). The fourth-order valence-corrected chi connectivity index (χ4v) is 4.72. The van der Waals surface area contributed by atoms with Crippen molar-refractivity contribution in [2.75, 3.05) is 26.2 Å². The van der Waals surface area contributed by atoms with E-state index in [1.54, 1.807) is 0 Å². The average Bonchev–Trinajstić information content (AvgIpc) is 3.17. The minimum absolute atomic E-state index is 0.419. The van der Waals surface area contributed by atoms with Gasteiger partial charge in [0.1, 0.15) is 0 Å². The highest BCUT2D eigenvalue weighted by Gasteiger charge is 2.48. The lowest BCUT2D eigenvalue weighted by molar-refractivity contribution is 0.0946. The van der Waals surface area contributed by atoms with Crippen molar-refractivity contribution >= 4 is 5.71 Å². The van der Waals surface area contributed by atoms with E-state index in [0.29, 0.717) is 12.0 Å². The second kappa shape index (κ2) is 6.01. The van der Waals surface area contributed by atoms with Crippen molar-refractivity contribution in [3.8, 4) is 0 Å². The number of nitrogens with zero attached hydrogens (tertiary/aromatic N) is 3. The van der Waals surface area contributed by atoms with E-state index in [1.165, 1.54) is 24.8 Å². The summed E-state index contributed by atoms with van der Waals surface area (Å²) in [5.74, 6) is 1.29. The van der Waals surface area contributed by atoms with Crippen molar-refractivity contribution in [1.29, 1.82) is 0 Å². The molecule has 118 valence electrons.